The third-order valence-corrected chi connectivity index (χ3v) is 9.77. The lowest BCUT2D eigenvalue weighted by molar-refractivity contribution is 0.669. The molecule has 0 fully saturated rings. The standard InChI is InChI=1S/C46H30N2O/c1-2-17-35-31(13-1)14-11-25-42(35)47(33-15-12-16-34(30-33)48-43-23-8-4-19-37(43)38-20-5-9-24-44(38)48)41-22-7-3-18-36(41)32-27-28-46-40(29-32)39-21-6-10-26-45(39)49-46/h1-30H. The van der Waals surface area contributed by atoms with Crippen molar-refractivity contribution in [3.8, 4) is 16.8 Å². The second-order valence-electron chi connectivity index (χ2n) is 12.5. The number of para-hydroxylation sites is 4. The number of nitrogens with zero attached hydrogens (tertiary/aromatic N) is 2. The number of furan rings is 1. The number of benzene rings is 8. The molecule has 8 aromatic carbocycles. The Bertz CT molecular complexity index is 2800. The number of hydrogen-bond acceptors (Lipinski definition) is 2. The minimum absolute atomic E-state index is 0.896. The molecule has 0 saturated heterocycles. The first-order valence-corrected chi connectivity index (χ1v) is 16.7. The van der Waals surface area contributed by atoms with Gasteiger partial charge in [0.25, 0.3) is 0 Å². The Balaban J connectivity index is 1.23. The van der Waals surface area contributed by atoms with Crippen molar-refractivity contribution in [2.45, 2.75) is 0 Å². The number of fused-ring (bicyclic) bond motifs is 7. The molecular formula is C46H30N2O. The summed E-state index contributed by atoms with van der Waals surface area (Å²) in [6, 6.07) is 65.1. The van der Waals surface area contributed by atoms with E-state index in [1.165, 1.54) is 32.6 Å². The van der Waals surface area contributed by atoms with E-state index >= 15 is 0 Å². The molecule has 230 valence electrons. The number of rotatable bonds is 5. The zero-order valence-corrected chi connectivity index (χ0v) is 26.6. The van der Waals surface area contributed by atoms with Crippen LogP contribution in [0.25, 0.3) is 71.3 Å². The quantitative estimate of drug-likeness (QED) is 0.190. The zero-order chi connectivity index (χ0) is 32.3. The number of hydrogen-bond donors (Lipinski definition) is 0. The van der Waals surface area contributed by atoms with Gasteiger partial charge in [0.2, 0.25) is 0 Å². The first kappa shape index (κ1) is 27.5. The molecule has 0 aliphatic rings. The third kappa shape index (κ3) is 4.37. The van der Waals surface area contributed by atoms with Gasteiger partial charge in [-0.1, -0.05) is 121 Å². The Morgan fingerprint density at radius 2 is 1.02 bits per heavy atom. The van der Waals surface area contributed by atoms with E-state index < -0.39 is 0 Å². The highest BCUT2D eigenvalue weighted by Gasteiger charge is 2.21. The molecule has 0 spiro atoms. The van der Waals surface area contributed by atoms with Crippen molar-refractivity contribution in [2.24, 2.45) is 0 Å². The lowest BCUT2D eigenvalue weighted by Crippen LogP contribution is -2.12. The van der Waals surface area contributed by atoms with Crippen LogP contribution >= 0.6 is 0 Å². The third-order valence-electron chi connectivity index (χ3n) is 9.77. The van der Waals surface area contributed by atoms with E-state index in [-0.39, 0.29) is 0 Å². The monoisotopic (exact) mass is 626 g/mol. The highest BCUT2D eigenvalue weighted by Crippen LogP contribution is 2.45. The molecule has 3 heteroatoms. The molecule has 0 N–H and O–H groups in total. The van der Waals surface area contributed by atoms with Crippen molar-refractivity contribution < 1.29 is 4.42 Å². The van der Waals surface area contributed by atoms with Gasteiger partial charge in [0, 0.05) is 43.9 Å². The van der Waals surface area contributed by atoms with E-state index in [0.717, 1.165) is 55.8 Å². The normalized spacial score (nSPS) is 11.7. The van der Waals surface area contributed by atoms with Gasteiger partial charge in [-0.25, -0.2) is 0 Å². The molecule has 2 heterocycles. The van der Waals surface area contributed by atoms with Crippen LogP contribution < -0.4 is 4.90 Å². The summed E-state index contributed by atoms with van der Waals surface area (Å²) in [5, 5.41) is 7.14. The van der Waals surface area contributed by atoms with Gasteiger partial charge in [0.05, 0.1) is 22.4 Å². The maximum atomic E-state index is 6.20. The predicted octanol–water partition coefficient (Wildman–Crippen LogP) is 13.0. The van der Waals surface area contributed by atoms with Crippen LogP contribution in [0, 0.1) is 0 Å². The van der Waals surface area contributed by atoms with E-state index in [1.807, 2.05) is 12.1 Å². The largest absolute Gasteiger partial charge is 0.456 e. The zero-order valence-electron chi connectivity index (χ0n) is 26.6. The van der Waals surface area contributed by atoms with Gasteiger partial charge in [-0.05, 0) is 71.6 Å². The van der Waals surface area contributed by atoms with Crippen molar-refractivity contribution in [1.82, 2.24) is 4.57 Å². The Morgan fingerprint density at radius 1 is 0.408 bits per heavy atom. The molecule has 3 nitrogen and oxygen atoms in total. The average molecular weight is 627 g/mol. The molecule has 0 bridgehead atoms. The number of aromatic nitrogens is 1. The second kappa shape index (κ2) is 11.0. The van der Waals surface area contributed by atoms with Gasteiger partial charge < -0.3 is 13.9 Å². The average Bonchev–Trinajstić information content (AvgIpc) is 3.71. The van der Waals surface area contributed by atoms with Crippen molar-refractivity contribution in [3.05, 3.63) is 182 Å². The fourth-order valence-electron chi connectivity index (χ4n) is 7.59. The van der Waals surface area contributed by atoms with Crippen LogP contribution in [0.3, 0.4) is 0 Å². The summed E-state index contributed by atoms with van der Waals surface area (Å²) in [5.74, 6) is 0. The fourth-order valence-corrected chi connectivity index (χ4v) is 7.59. The van der Waals surface area contributed by atoms with Crippen molar-refractivity contribution in [2.75, 3.05) is 4.90 Å². The lowest BCUT2D eigenvalue weighted by Gasteiger charge is -2.29. The van der Waals surface area contributed by atoms with E-state index in [9.17, 15) is 0 Å². The SMILES string of the molecule is c1cc(N(c2ccccc2-c2ccc3oc4ccccc4c3c2)c2cccc3ccccc23)cc(-n2c3ccccc3c3ccccc32)c1. The van der Waals surface area contributed by atoms with E-state index in [0.29, 0.717) is 0 Å². The summed E-state index contributed by atoms with van der Waals surface area (Å²) in [5.41, 5.74) is 10.9. The van der Waals surface area contributed by atoms with Gasteiger partial charge in [-0.15, -0.1) is 0 Å². The van der Waals surface area contributed by atoms with Crippen LogP contribution in [-0.2, 0) is 0 Å². The summed E-state index contributed by atoms with van der Waals surface area (Å²) in [6.07, 6.45) is 0. The minimum Gasteiger partial charge on any atom is -0.456 e. The number of anilines is 3. The van der Waals surface area contributed by atoms with Gasteiger partial charge in [-0.2, -0.15) is 0 Å². The molecule has 0 amide bonds. The van der Waals surface area contributed by atoms with Crippen LogP contribution in [0.5, 0.6) is 0 Å². The summed E-state index contributed by atoms with van der Waals surface area (Å²) < 4.78 is 8.59. The van der Waals surface area contributed by atoms with Gasteiger partial charge in [-0.3, -0.25) is 0 Å². The molecule has 49 heavy (non-hydrogen) atoms. The maximum Gasteiger partial charge on any atom is 0.135 e. The van der Waals surface area contributed by atoms with Gasteiger partial charge in [0.1, 0.15) is 11.2 Å². The minimum atomic E-state index is 0.896. The van der Waals surface area contributed by atoms with E-state index in [2.05, 4.69) is 179 Å². The second-order valence-corrected chi connectivity index (χ2v) is 12.5. The van der Waals surface area contributed by atoms with Crippen molar-refractivity contribution >= 4 is 71.6 Å². The van der Waals surface area contributed by atoms with Crippen LogP contribution in [0.2, 0.25) is 0 Å². The molecule has 10 aromatic rings. The Morgan fingerprint density at radius 3 is 1.86 bits per heavy atom. The fraction of sp³-hybridized carbons (Fsp3) is 0. The van der Waals surface area contributed by atoms with E-state index in [1.54, 1.807) is 0 Å². The maximum absolute atomic E-state index is 6.20. The predicted molar refractivity (Wildman–Crippen MR) is 206 cm³/mol. The van der Waals surface area contributed by atoms with E-state index in [4.69, 9.17) is 4.42 Å². The Kier molecular flexibility index (Phi) is 6.18. The van der Waals surface area contributed by atoms with Gasteiger partial charge >= 0.3 is 0 Å². The molecule has 0 saturated carbocycles. The van der Waals surface area contributed by atoms with Crippen LogP contribution in [0.1, 0.15) is 0 Å². The van der Waals surface area contributed by atoms with Crippen LogP contribution in [0.4, 0.5) is 17.1 Å². The molecule has 0 aliphatic heterocycles. The molecule has 0 aliphatic carbocycles. The lowest BCUT2D eigenvalue weighted by atomic mass is 9.99. The molecule has 10 rings (SSSR count). The summed E-state index contributed by atoms with van der Waals surface area (Å²) >= 11 is 0. The van der Waals surface area contributed by atoms with Crippen LogP contribution in [-0.4, -0.2) is 4.57 Å². The smallest absolute Gasteiger partial charge is 0.135 e. The van der Waals surface area contributed by atoms with Crippen molar-refractivity contribution in [3.63, 3.8) is 0 Å². The topological polar surface area (TPSA) is 21.3 Å². The molecular weight excluding hydrogens is 597 g/mol. The molecule has 0 unspecified atom stereocenters. The summed E-state index contributed by atoms with van der Waals surface area (Å²) in [6.45, 7) is 0. The first-order valence-electron chi connectivity index (χ1n) is 16.7. The Labute approximate surface area is 283 Å². The van der Waals surface area contributed by atoms with Gasteiger partial charge in [0.15, 0.2) is 0 Å². The molecule has 2 aromatic heterocycles. The van der Waals surface area contributed by atoms with Crippen molar-refractivity contribution in [1.29, 1.82) is 0 Å². The molecule has 0 radical (unpaired) electrons. The Hall–Kier alpha value is -6.58. The molecule has 0 atom stereocenters. The first-order chi connectivity index (χ1) is 24.3. The van der Waals surface area contributed by atoms with Crippen LogP contribution in [0.15, 0.2) is 186 Å². The highest BCUT2D eigenvalue weighted by atomic mass is 16.3. The highest BCUT2D eigenvalue weighted by molar-refractivity contribution is 6.10. The summed E-state index contributed by atoms with van der Waals surface area (Å²) in [7, 11) is 0. The summed E-state index contributed by atoms with van der Waals surface area (Å²) in [4.78, 5) is 2.42.